The number of aromatic nitrogens is 2. The molecule has 0 spiro atoms. The minimum atomic E-state index is -4.57. The van der Waals surface area contributed by atoms with Crippen molar-refractivity contribution in [2.24, 2.45) is 0 Å². The third-order valence-corrected chi connectivity index (χ3v) is 5.37. The van der Waals surface area contributed by atoms with Gasteiger partial charge < -0.3 is 4.74 Å². The van der Waals surface area contributed by atoms with E-state index in [9.17, 15) is 21.6 Å². The summed E-state index contributed by atoms with van der Waals surface area (Å²) in [5.41, 5.74) is 0.218. The Balaban J connectivity index is 1.65. The van der Waals surface area contributed by atoms with Gasteiger partial charge in [0.05, 0.1) is 17.0 Å². The van der Waals surface area contributed by atoms with Crippen LogP contribution in [0.1, 0.15) is 16.8 Å². The van der Waals surface area contributed by atoms with Crippen molar-refractivity contribution >= 4 is 9.84 Å². The maximum absolute atomic E-state index is 12.6. The lowest BCUT2D eigenvalue weighted by Gasteiger charge is -2.09. The van der Waals surface area contributed by atoms with E-state index in [-0.39, 0.29) is 12.4 Å². The molecule has 9 heteroatoms. The van der Waals surface area contributed by atoms with Crippen LogP contribution in [-0.4, -0.2) is 18.4 Å². The predicted molar refractivity (Wildman–Crippen MR) is 95.1 cm³/mol. The Morgan fingerprint density at radius 1 is 0.929 bits per heavy atom. The third kappa shape index (κ3) is 5.07. The SMILES string of the molecule is O=S(=O)(Cc1ccc(OCc2ccccn2)cc1)c1ccc(C(F)(F)F)cn1. The van der Waals surface area contributed by atoms with E-state index < -0.39 is 26.6 Å². The minimum Gasteiger partial charge on any atom is -0.487 e. The fourth-order valence-electron chi connectivity index (χ4n) is 2.35. The number of pyridine rings is 2. The summed E-state index contributed by atoms with van der Waals surface area (Å²) in [5, 5.41) is -0.407. The molecule has 1 aromatic carbocycles. The van der Waals surface area contributed by atoms with Gasteiger partial charge in [0.1, 0.15) is 12.4 Å². The molecule has 0 radical (unpaired) electrons. The van der Waals surface area contributed by atoms with Crippen molar-refractivity contribution < 1.29 is 26.3 Å². The molecule has 0 bridgehead atoms. The van der Waals surface area contributed by atoms with Gasteiger partial charge in [-0.25, -0.2) is 13.4 Å². The van der Waals surface area contributed by atoms with Gasteiger partial charge in [-0.05, 0) is 42.0 Å². The summed E-state index contributed by atoms with van der Waals surface area (Å²) in [6.07, 6.45) is -2.40. The van der Waals surface area contributed by atoms with Crippen LogP contribution in [0.5, 0.6) is 5.75 Å². The summed E-state index contributed by atoms with van der Waals surface area (Å²) in [5.74, 6) is 0.158. The summed E-state index contributed by atoms with van der Waals surface area (Å²) in [7, 11) is -3.87. The van der Waals surface area contributed by atoms with Crippen molar-refractivity contribution in [1.82, 2.24) is 9.97 Å². The number of hydrogen-bond donors (Lipinski definition) is 0. The molecule has 0 N–H and O–H groups in total. The number of sulfone groups is 1. The number of rotatable bonds is 6. The van der Waals surface area contributed by atoms with Crippen molar-refractivity contribution in [3.8, 4) is 5.75 Å². The van der Waals surface area contributed by atoms with Gasteiger partial charge in [-0.15, -0.1) is 0 Å². The number of ether oxygens (including phenoxy) is 1. The Hall–Kier alpha value is -2.94. The first-order valence-electron chi connectivity index (χ1n) is 8.12. The van der Waals surface area contributed by atoms with E-state index in [4.69, 9.17) is 4.74 Å². The summed E-state index contributed by atoms with van der Waals surface area (Å²) < 4.78 is 68.0. The molecule has 0 atom stereocenters. The fourth-order valence-corrected chi connectivity index (χ4v) is 3.62. The molecule has 0 saturated carbocycles. The molecule has 0 unspecified atom stereocenters. The Kier molecular flexibility index (Phi) is 5.64. The van der Waals surface area contributed by atoms with Crippen molar-refractivity contribution in [3.05, 3.63) is 83.8 Å². The van der Waals surface area contributed by atoms with Crippen LogP contribution in [0.3, 0.4) is 0 Å². The average Bonchev–Trinajstić information content (AvgIpc) is 2.67. The molecular weight excluding hydrogens is 393 g/mol. The highest BCUT2D eigenvalue weighted by molar-refractivity contribution is 7.90. The van der Waals surface area contributed by atoms with Crippen molar-refractivity contribution in [1.29, 1.82) is 0 Å². The zero-order valence-electron chi connectivity index (χ0n) is 14.4. The van der Waals surface area contributed by atoms with E-state index in [1.54, 1.807) is 36.5 Å². The molecule has 0 amide bonds. The number of hydrogen-bond acceptors (Lipinski definition) is 5. The summed E-state index contributed by atoms with van der Waals surface area (Å²) in [6.45, 7) is 0.272. The van der Waals surface area contributed by atoms with Crippen molar-refractivity contribution in [2.75, 3.05) is 0 Å². The second-order valence-corrected chi connectivity index (χ2v) is 7.83. The van der Waals surface area contributed by atoms with Gasteiger partial charge in [0, 0.05) is 12.4 Å². The highest BCUT2D eigenvalue weighted by Crippen LogP contribution is 2.29. The van der Waals surface area contributed by atoms with E-state index in [0.717, 1.165) is 11.8 Å². The molecule has 0 fully saturated rings. The lowest BCUT2D eigenvalue weighted by Crippen LogP contribution is -2.10. The van der Waals surface area contributed by atoms with Gasteiger partial charge in [0.2, 0.25) is 0 Å². The van der Waals surface area contributed by atoms with Gasteiger partial charge in [0.15, 0.2) is 14.9 Å². The Morgan fingerprint density at radius 2 is 1.68 bits per heavy atom. The molecule has 2 heterocycles. The normalized spacial score (nSPS) is 12.0. The monoisotopic (exact) mass is 408 g/mol. The van der Waals surface area contributed by atoms with Crippen LogP contribution in [0, 0.1) is 0 Å². The van der Waals surface area contributed by atoms with Crippen LogP contribution in [-0.2, 0) is 28.4 Å². The third-order valence-electron chi connectivity index (χ3n) is 3.78. The Labute approximate surface area is 159 Å². The zero-order chi connectivity index (χ0) is 20.2. The number of halogens is 3. The van der Waals surface area contributed by atoms with E-state index >= 15 is 0 Å². The summed E-state index contributed by atoms with van der Waals surface area (Å²) >= 11 is 0. The molecule has 0 aliphatic rings. The molecular formula is C19H15F3N2O3S. The lowest BCUT2D eigenvalue weighted by atomic mass is 10.2. The van der Waals surface area contributed by atoms with Gasteiger partial charge >= 0.3 is 6.18 Å². The molecule has 2 aromatic heterocycles. The van der Waals surface area contributed by atoms with E-state index in [2.05, 4.69) is 9.97 Å². The fraction of sp³-hybridized carbons (Fsp3) is 0.158. The second kappa shape index (κ2) is 7.97. The highest BCUT2D eigenvalue weighted by Gasteiger charge is 2.31. The van der Waals surface area contributed by atoms with Gasteiger partial charge in [-0.3, -0.25) is 4.98 Å². The molecule has 3 rings (SSSR count). The van der Waals surface area contributed by atoms with Crippen LogP contribution in [0.25, 0.3) is 0 Å². The Morgan fingerprint density at radius 3 is 2.25 bits per heavy atom. The molecule has 5 nitrogen and oxygen atoms in total. The van der Waals surface area contributed by atoms with E-state index in [1.807, 2.05) is 12.1 Å². The second-order valence-electron chi connectivity index (χ2n) is 5.90. The number of alkyl halides is 3. The van der Waals surface area contributed by atoms with Gasteiger partial charge in [-0.1, -0.05) is 18.2 Å². The molecule has 3 aromatic rings. The molecule has 28 heavy (non-hydrogen) atoms. The van der Waals surface area contributed by atoms with Crippen molar-refractivity contribution in [3.63, 3.8) is 0 Å². The summed E-state index contributed by atoms with van der Waals surface area (Å²) in [4.78, 5) is 7.59. The van der Waals surface area contributed by atoms with E-state index in [0.29, 0.717) is 23.6 Å². The van der Waals surface area contributed by atoms with Crippen LogP contribution < -0.4 is 4.74 Å². The van der Waals surface area contributed by atoms with Gasteiger partial charge in [-0.2, -0.15) is 13.2 Å². The predicted octanol–water partition coefficient (Wildman–Crippen LogP) is 4.05. The first-order chi connectivity index (χ1) is 13.2. The smallest absolute Gasteiger partial charge is 0.417 e. The standard InChI is InChI=1S/C19H15F3N2O3S/c20-19(21,22)15-6-9-18(24-11-15)28(25,26)13-14-4-7-17(8-5-14)27-12-16-3-1-2-10-23-16/h1-11H,12-13H2. The maximum Gasteiger partial charge on any atom is 0.417 e. The molecule has 0 aliphatic heterocycles. The zero-order valence-corrected chi connectivity index (χ0v) is 15.2. The maximum atomic E-state index is 12.6. The quantitative estimate of drug-likeness (QED) is 0.616. The minimum absolute atomic E-state index is 0.272. The largest absolute Gasteiger partial charge is 0.487 e. The average molecular weight is 408 g/mol. The first kappa shape index (κ1) is 19.8. The van der Waals surface area contributed by atoms with E-state index in [1.165, 1.54) is 0 Å². The highest BCUT2D eigenvalue weighted by atomic mass is 32.2. The summed E-state index contributed by atoms with van der Waals surface area (Å²) in [6, 6.07) is 13.4. The topological polar surface area (TPSA) is 69.2 Å². The van der Waals surface area contributed by atoms with Crippen LogP contribution in [0.15, 0.2) is 72.0 Å². The van der Waals surface area contributed by atoms with Gasteiger partial charge in [0.25, 0.3) is 0 Å². The number of benzene rings is 1. The molecule has 0 saturated heterocycles. The van der Waals surface area contributed by atoms with Crippen LogP contribution in [0.2, 0.25) is 0 Å². The van der Waals surface area contributed by atoms with Crippen LogP contribution in [0.4, 0.5) is 13.2 Å². The first-order valence-corrected chi connectivity index (χ1v) is 9.77. The van der Waals surface area contributed by atoms with Crippen LogP contribution >= 0.6 is 0 Å². The van der Waals surface area contributed by atoms with Crippen molar-refractivity contribution in [2.45, 2.75) is 23.6 Å². The lowest BCUT2D eigenvalue weighted by molar-refractivity contribution is -0.137. The Bertz CT molecular complexity index is 1020. The number of nitrogens with zero attached hydrogens (tertiary/aromatic N) is 2. The molecule has 0 aliphatic carbocycles. The molecule has 146 valence electrons.